The molecule has 2 aromatic rings. The van der Waals surface area contributed by atoms with Gasteiger partial charge in [0, 0.05) is 16.5 Å². The van der Waals surface area contributed by atoms with Crippen LogP contribution in [0.15, 0.2) is 39.0 Å². The molecule has 1 aromatic carbocycles. The van der Waals surface area contributed by atoms with Crippen molar-refractivity contribution in [2.45, 2.75) is 15.8 Å². The van der Waals surface area contributed by atoms with Crippen molar-refractivity contribution in [3.05, 3.63) is 41.2 Å². The van der Waals surface area contributed by atoms with Gasteiger partial charge >= 0.3 is 0 Å². The van der Waals surface area contributed by atoms with Gasteiger partial charge in [0.25, 0.3) is 0 Å². The van der Waals surface area contributed by atoms with Crippen LogP contribution in [0.2, 0.25) is 0 Å². The van der Waals surface area contributed by atoms with Crippen LogP contribution < -0.4 is 0 Å². The highest BCUT2D eigenvalue weighted by Gasteiger charge is 2.03. The predicted molar refractivity (Wildman–Crippen MR) is 58.6 cm³/mol. The molecule has 0 unspecified atom stereocenters. The van der Waals surface area contributed by atoms with Gasteiger partial charge < -0.3 is 5.11 Å². The van der Waals surface area contributed by atoms with E-state index in [1.807, 2.05) is 5.38 Å². The number of rotatable bonds is 3. The van der Waals surface area contributed by atoms with Crippen molar-refractivity contribution in [2.75, 3.05) is 0 Å². The Balaban J connectivity index is 2.24. The number of benzene rings is 1. The van der Waals surface area contributed by atoms with E-state index in [4.69, 9.17) is 5.11 Å². The first-order chi connectivity index (χ1) is 7.28. The van der Waals surface area contributed by atoms with E-state index in [-0.39, 0.29) is 12.4 Å². The fraction of sp³-hybridized carbons (Fsp3) is 0.100. The second kappa shape index (κ2) is 4.74. The maximum absolute atomic E-state index is 13.1. The van der Waals surface area contributed by atoms with Crippen LogP contribution in [0.4, 0.5) is 4.39 Å². The molecule has 0 aliphatic rings. The minimum Gasteiger partial charge on any atom is -0.392 e. The maximum atomic E-state index is 13.1. The van der Waals surface area contributed by atoms with Crippen LogP contribution in [-0.2, 0) is 6.61 Å². The van der Waals surface area contributed by atoms with Gasteiger partial charge in [0.15, 0.2) is 4.34 Å². The molecule has 5 heteroatoms. The summed E-state index contributed by atoms with van der Waals surface area (Å²) in [5.74, 6) is -0.333. The van der Waals surface area contributed by atoms with Gasteiger partial charge in [-0.25, -0.2) is 9.37 Å². The molecule has 0 spiro atoms. The molecule has 1 aromatic heterocycles. The van der Waals surface area contributed by atoms with Gasteiger partial charge in [-0.2, -0.15) is 0 Å². The molecule has 2 rings (SSSR count). The Morgan fingerprint density at radius 2 is 2.27 bits per heavy atom. The summed E-state index contributed by atoms with van der Waals surface area (Å²) in [5.41, 5.74) is 0.578. The van der Waals surface area contributed by atoms with E-state index in [1.54, 1.807) is 12.3 Å². The van der Waals surface area contributed by atoms with Gasteiger partial charge in [-0.3, -0.25) is 0 Å². The van der Waals surface area contributed by atoms with Crippen molar-refractivity contribution in [2.24, 2.45) is 0 Å². The molecule has 0 bridgehead atoms. The SMILES string of the molecule is OCc1cc(F)cc(Sc2nccs2)c1. The lowest BCUT2D eigenvalue weighted by Crippen LogP contribution is -1.86. The van der Waals surface area contributed by atoms with E-state index in [9.17, 15) is 4.39 Å². The van der Waals surface area contributed by atoms with Gasteiger partial charge in [0.2, 0.25) is 0 Å². The van der Waals surface area contributed by atoms with Crippen LogP contribution in [0.5, 0.6) is 0 Å². The van der Waals surface area contributed by atoms with Gasteiger partial charge in [-0.05, 0) is 23.8 Å². The van der Waals surface area contributed by atoms with Crippen LogP contribution in [0.3, 0.4) is 0 Å². The zero-order valence-electron chi connectivity index (χ0n) is 7.68. The molecule has 2 nitrogen and oxygen atoms in total. The molecule has 1 N–H and O–H groups in total. The predicted octanol–water partition coefficient (Wildman–Crippen LogP) is 2.93. The number of hydrogen-bond donors (Lipinski definition) is 1. The summed E-state index contributed by atoms with van der Waals surface area (Å²) in [6, 6.07) is 4.52. The highest BCUT2D eigenvalue weighted by molar-refractivity contribution is 8.01. The molecule has 0 saturated heterocycles. The van der Waals surface area contributed by atoms with Gasteiger partial charge in [-0.15, -0.1) is 11.3 Å². The van der Waals surface area contributed by atoms with E-state index in [1.165, 1.54) is 35.2 Å². The third-order valence-electron chi connectivity index (χ3n) is 1.73. The van der Waals surface area contributed by atoms with Crippen molar-refractivity contribution in [3.63, 3.8) is 0 Å². The Hall–Kier alpha value is -0.910. The van der Waals surface area contributed by atoms with Crippen LogP contribution in [0, 0.1) is 5.82 Å². The second-order valence-corrected chi connectivity index (χ2v) is 5.07. The topological polar surface area (TPSA) is 33.1 Å². The lowest BCUT2D eigenvalue weighted by atomic mass is 10.2. The first-order valence-corrected chi connectivity index (χ1v) is 5.95. The van der Waals surface area contributed by atoms with Gasteiger partial charge in [0.05, 0.1) is 6.61 Å². The largest absolute Gasteiger partial charge is 0.392 e. The summed E-state index contributed by atoms with van der Waals surface area (Å²) in [6.45, 7) is -0.150. The lowest BCUT2D eigenvalue weighted by Gasteiger charge is -2.01. The lowest BCUT2D eigenvalue weighted by molar-refractivity contribution is 0.281. The molecular weight excluding hydrogens is 233 g/mol. The molecule has 0 aliphatic heterocycles. The van der Waals surface area contributed by atoms with E-state index in [0.29, 0.717) is 5.56 Å². The number of nitrogens with zero attached hydrogens (tertiary/aromatic N) is 1. The summed E-state index contributed by atoms with van der Waals surface area (Å²) in [7, 11) is 0. The van der Waals surface area contributed by atoms with Crippen molar-refractivity contribution >= 4 is 23.1 Å². The first kappa shape index (κ1) is 10.6. The van der Waals surface area contributed by atoms with Crippen LogP contribution in [0.1, 0.15) is 5.56 Å². The number of halogens is 1. The zero-order chi connectivity index (χ0) is 10.7. The third-order valence-corrected chi connectivity index (χ3v) is 3.58. The summed E-state index contributed by atoms with van der Waals surface area (Å²) in [5, 5.41) is 10.8. The van der Waals surface area contributed by atoms with Gasteiger partial charge in [0.1, 0.15) is 5.82 Å². The second-order valence-electron chi connectivity index (χ2n) is 2.85. The van der Waals surface area contributed by atoms with Crippen molar-refractivity contribution in [1.29, 1.82) is 0 Å². The van der Waals surface area contributed by atoms with Crippen LogP contribution in [-0.4, -0.2) is 10.1 Å². The smallest absolute Gasteiger partial charge is 0.154 e. The Kier molecular flexibility index (Phi) is 3.35. The third kappa shape index (κ3) is 2.77. The van der Waals surface area contributed by atoms with Crippen molar-refractivity contribution in [3.8, 4) is 0 Å². The fourth-order valence-corrected chi connectivity index (χ4v) is 2.84. The highest BCUT2D eigenvalue weighted by Crippen LogP contribution is 2.30. The Labute approximate surface area is 94.8 Å². The van der Waals surface area contributed by atoms with E-state index in [0.717, 1.165) is 9.24 Å². The van der Waals surface area contributed by atoms with Crippen molar-refractivity contribution < 1.29 is 9.50 Å². The molecule has 0 amide bonds. The number of aliphatic hydroxyl groups excluding tert-OH is 1. The summed E-state index contributed by atoms with van der Waals surface area (Å²) >= 11 is 2.90. The monoisotopic (exact) mass is 241 g/mol. The Bertz CT molecular complexity index is 445. The maximum Gasteiger partial charge on any atom is 0.154 e. The molecular formula is C10H8FNOS2. The van der Waals surface area contributed by atoms with E-state index >= 15 is 0 Å². The molecule has 0 atom stereocenters. The Morgan fingerprint density at radius 1 is 1.40 bits per heavy atom. The summed E-state index contributed by atoms with van der Waals surface area (Å²) < 4.78 is 14.0. The summed E-state index contributed by atoms with van der Waals surface area (Å²) in [6.07, 6.45) is 1.71. The quantitative estimate of drug-likeness (QED) is 0.897. The minimum absolute atomic E-state index is 0.150. The standard InChI is InChI=1S/C10H8FNOS2/c11-8-3-7(6-13)4-9(5-8)15-10-12-1-2-14-10/h1-5,13H,6H2. The van der Waals surface area contributed by atoms with E-state index in [2.05, 4.69) is 4.98 Å². The molecule has 1 heterocycles. The molecule has 0 fully saturated rings. The zero-order valence-corrected chi connectivity index (χ0v) is 9.32. The van der Waals surface area contributed by atoms with Crippen molar-refractivity contribution in [1.82, 2.24) is 4.98 Å². The Morgan fingerprint density at radius 3 is 2.93 bits per heavy atom. The van der Waals surface area contributed by atoms with Gasteiger partial charge in [-0.1, -0.05) is 11.8 Å². The average Bonchev–Trinajstić information content (AvgIpc) is 2.69. The number of aliphatic hydroxyl groups is 1. The molecule has 78 valence electrons. The minimum atomic E-state index is -0.333. The molecule has 0 aliphatic carbocycles. The molecule has 0 saturated carbocycles. The van der Waals surface area contributed by atoms with E-state index < -0.39 is 0 Å². The molecule has 0 radical (unpaired) electrons. The molecule has 15 heavy (non-hydrogen) atoms. The average molecular weight is 241 g/mol. The number of hydrogen-bond acceptors (Lipinski definition) is 4. The van der Waals surface area contributed by atoms with Crippen LogP contribution >= 0.6 is 23.1 Å². The normalized spacial score (nSPS) is 10.5. The summed E-state index contributed by atoms with van der Waals surface area (Å²) in [4.78, 5) is 4.85. The number of thiazole rings is 1. The first-order valence-electron chi connectivity index (χ1n) is 4.25. The van der Waals surface area contributed by atoms with Crippen LogP contribution in [0.25, 0.3) is 0 Å². The fourth-order valence-electron chi connectivity index (χ4n) is 1.13. The highest BCUT2D eigenvalue weighted by atomic mass is 32.2. The number of aromatic nitrogens is 1.